The number of hydrogen-bond donors (Lipinski definition) is 1. The molecule has 1 aliphatic heterocycles. The normalized spacial score (nSPS) is 14.7. The van der Waals surface area contributed by atoms with Crippen LogP contribution in [0.1, 0.15) is 5.56 Å². The predicted molar refractivity (Wildman–Crippen MR) is 68.5 cm³/mol. The fourth-order valence-corrected chi connectivity index (χ4v) is 2.02. The smallest absolute Gasteiger partial charge is 0.218 e. The van der Waals surface area contributed by atoms with Crippen molar-refractivity contribution in [2.24, 2.45) is 0 Å². The SMILES string of the molecule is ClCn1cc(-c2ccc3c(n2)OCCNC3)cn1. The van der Waals surface area contributed by atoms with Gasteiger partial charge in [-0.05, 0) is 6.07 Å². The number of rotatable bonds is 2. The van der Waals surface area contributed by atoms with Crippen LogP contribution in [0, 0.1) is 0 Å². The lowest BCUT2D eigenvalue weighted by Crippen LogP contribution is -2.16. The monoisotopic (exact) mass is 264 g/mol. The minimum atomic E-state index is 0.339. The van der Waals surface area contributed by atoms with E-state index in [1.54, 1.807) is 10.9 Å². The van der Waals surface area contributed by atoms with Crippen LogP contribution in [0.15, 0.2) is 24.5 Å². The number of fused-ring (bicyclic) bond motifs is 1. The molecule has 1 N–H and O–H groups in total. The van der Waals surface area contributed by atoms with Crippen molar-refractivity contribution in [3.8, 4) is 17.1 Å². The topological polar surface area (TPSA) is 52.0 Å². The Balaban J connectivity index is 1.95. The lowest BCUT2D eigenvalue weighted by Gasteiger charge is -2.06. The molecule has 1 aliphatic rings. The molecule has 18 heavy (non-hydrogen) atoms. The van der Waals surface area contributed by atoms with Crippen molar-refractivity contribution >= 4 is 11.6 Å². The van der Waals surface area contributed by atoms with Gasteiger partial charge in [-0.25, -0.2) is 4.98 Å². The highest BCUT2D eigenvalue weighted by Crippen LogP contribution is 2.24. The molecule has 0 spiro atoms. The minimum Gasteiger partial charge on any atom is -0.476 e. The molecule has 0 atom stereocenters. The van der Waals surface area contributed by atoms with Crippen LogP contribution < -0.4 is 10.1 Å². The molecule has 94 valence electrons. The molecule has 2 aromatic rings. The third-order valence-electron chi connectivity index (χ3n) is 2.82. The highest BCUT2D eigenvalue weighted by atomic mass is 35.5. The maximum atomic E-state index is 5.71. The standard InChI is InChI=1S/C12H13ClN4O/c13-8-17-7-10(6-15-17)11-2-1-9-5-14-3-4-18-12(9)16-11/h1-2,6-7,14H,3-5,8H2. The summed E-state index contributed by atoms with van der Waals surface area (Å²) in [7, 11) is 0. The average Bonchev–Trinajstić information content (AvgIpc) is 2.76. The molecule has 6 heteroatoms. The first-order valence-electron chi connectivity index (χ1n) is 5.79. The van der Waals surface area contributed by atoms with Crippen LogP contribution in [0.4, 0.5) is 0 Å². The fraction of sp³-hybridized carbons (Fsp3) is 0.333. The average molecular weight is 265 g/mol. The summed E-state index contributed by atoms with van der Waals surface area (Å²) >= 11 is 5.71. The van der Waals surface area contributed by atoms with Gasteiger partial charge in [0.1, 0.15) is 12.6 Å². The number of hydrogen-bond acceptors (Lipinski definition) is 4. The van der Waals surface area contributed by atoms with E-state index in [1.165, 1.54) is 0 Å². The Kier molecular flexibility index (Phi) is 3.17. The highest BCUT2D eigenvalue weighted by molar-refractivity contribution is 6.15. The van der Waals surface area contributed by atoms with Crippen LogP contribution in [0.2, 0.25) is 0 Å². The lowest BCUT2D eigenvalue weighted by atomic mass is 10.2. The molecule has 2 aromatic heterocycles. The van der Waals surface area contributed by atoms with Gasteiger partial charge >= 0.3 is 0 Å². The zero-order valence-corrected chi connectivity index (χ0v) is 10.5. The number of pyridine rings is 1. The van der Waals surface area contributed by atoms with Crippen LogP contribution in [0.5, 0.6) is 5.88 Å². The molecule has 0 amide bonds. The van der Waals surface area contributed by atoms with Crippen LogP contribution in [0.25, 0.3) is 11.3 Å². The molecule has 0 saturated heterocycles. The first-order chi connectivity index (χ1) is 8.86. The maximum Gasteiger partial charge on any atom is 0.218 e. The Labute approximate surface area is 110 Å². The molecule has 0 aromatic carbocycles. The van der Waals surface area contributed by atoms with Crippen molar-refractivity contribution in [2.45, 2.75) is 12.5 Å². The van der Waals surface area contributed by atoms with Crippen LogP contribution in [-0.4, -0.2) is 27.9 Å². The quantitative estimate of drug-likeness (QED) is 0.838. The first kappa shape index (κ1) is 11.5. The lowest BCUT2D eigenvalue weighted by molar-refractivity contribution is 0.314. The zero-order chi connectivity index (χ0) is 12.4. The summed E-state index contributed by atoms with van der Waals surface area (Å²) in [6, 6.07) is 4.35. The van der Waals surface area contributed by atoms with Crippen molar-refractivity contribution in [1.82, 2.24) is 20.1 Å². The Hall–Kier alpha value is -1.59. The fourth-order valence-electron chi connectivity index (χ4n) is 1.89. The molecule has 0 fully saturated rings. The second-order valence-electron chi connectivity index (χ2n) is 4.07. The summed E-state index contributed by atoms with van der Waals surface area (Å²) in [5.74, 6) is 0.705. The Bertz CT molecular complexity index is 555. The van der Waals surface area contributed by atoms with Gasteiger partial charge in [0.2, 0.25) is 5.88 Å². The third kappa shape index (κ3) is 2.19. The van der Waals surface area contributed by atoms with Crippen molar-refractivity contribution in [3.63, 3.8) is 0 Å². The second kappa shape index (κ2) is 4.96. The van der Waals surface area contributed by atoms with E-state index >= 15 is 0 Å². The van der Waals surface area contributed by atoms with E-state index in [0.717, 1.165) is 29.9 Å². The number of nitrogens with zero attached hydrogens (tertiary/aromatic N) is 3. The van der Waals surface area contributed by atoms with E-state index in [4.69, 9.17) is 16.3 Å². The van der Waals surface area contributed by atoms with Crippen molar-refractivity contribution < 1.29 is 4.74 Å². The van der Waals surface area contributed by atoms with Crippen molar-refractivity contribution in [2.75, 3.05) is 13.2 Å². The number of ether oxygens (including phenoxy) is 1. The van der Waals surface area contributed by atoms with Gasteiger partial charge in [0.05, 0.1) is 11.9 Å². The Morgan fingerprint density at radius 2 is 2.39 bits per heavy atom. The maximum absolute atomic E-state index is 5.71. The summed E-state index contributed by atoms with van der Waals surface area (Å²) in [5.41, 5.74) is 2.88. The Morgan fingerprint density at radius 1 is 1.44 bits per heavy atom. The highest BCUT2D eigenvalue weighted by Gasteiger charge is 2.12. The van der Waals surface area contributed by atoms with Gasteiger partial charge in [-0.15, -0.1) is 11.6 Å². The summed E-state index contributed by atoms with van der Waals surface area (Å²) in [5, 5.41) is 7.41. The Morgan fingerprint density at radius 3 is 3.22 bits per heavy atom. The summed E-state index contributed by atoms with van der Waals surface area (Å²) in [6.45, 7) is 2.28. The molecule has 0 bridgehead atoms. The van der Waals surface area contributed by atoms with Gasteiger partial charge in [-0.3, -0.25) is 4.68 Å². The van der Waals surface area contributed by atoms with Crippen molar-refractivity contribution in [3.05, 3.63) is 30.1 Å². The van der Waals surface area contributed by atoms with Crippen LogP contribution in [-0.2, 0) is 12.5 Å². The second-order valence-corrected chi connectivity index (χ2v) is 4.31. The molecule has 0 aliphatic carbocycles. The molecule has 0 saturated carbocycles. The molecule has 3 heterocycles. The number of nitrogens with one attached hydrogen (secondary N) is 1. The molecular weight excluding hydrogens is 252 g/mol. The third-order valence-corrected chi connectivity index (χ3v) is 3.07. The summed E-state index contributed by atoms with van der Waals surface area (Å²) in [4.78, 5) is 4.53. The number of aromatic nitrogens is 3. The van der Waals surface area contributed by atoms with Gasteiger partial charge in [0.15, 0.2) is 0 Å². The number of halogens is 1. The van der Waals surface area contributed by atoms with E-state index in [9.17, 15) is 0 Å². The van der Waals surface area contributed by atoms with Gasteiger partial charge in [-0.1, -0.05) is 6.07 Å². The molecule has 0 radical (unpaired) electrons. The van der Waals surface area contributed by atoms with Gasteiger partial charge in [0.25, 0.3) is 0 Å². The van der Waals surface area contributed by atoms with E-state index in [-0.39, 0.29) is 0 Å². The molecular formula is C12H13ClN4O. The summed E-state index contributed by atoms with van der Waals surface area (Å²) in [6.07, 6.45) is 3.63. The molecule has 3 rings (SSSR count). The predicted octanol–water partition coefficient (Wildman–Crippen LogP) is 1.62. The van der Waals surface area contributed by atoms with E-state index in [2.05, 4.69) is 15.4 Å². The number of alkyl halides is 1. The van der Waals surface area contributed by atoms with Gasteiger partial charge in [-0.2, -0.15) is 5.10 Å². The van der Waals surface area contributed by atoms with E-state index < -0.39 is 0 Å². The molecule has 5 nitrogen and oxygen atoms in total. The van der Waals surface area contributed by atoms with Crippen LogP contribution >= 0.6 is 11.6 Å². The minimum absolute atomic E-state index is 0.339. The van der Waals surface area contributed by atoms with Crippen LogP contribution in [0.3, 0.4) is 0 Å². The van der Waals surface area contributed by atoms with E-state index in [0.29, 0.717) is 18.5 Å². The van der Waals surface area contributed by atoms with Gasteiger partial charge in [0, 0.05) is 30.4 Å². The van der Waals surface area contributed by atoms with E-state index in [1.807, 2.05) is 18.3 Å². The largest absolute Gasteiger partial charge is 0.476 e. The summed E-state index contributed by atoms with van der Waals surface area (Å²) < 4.78 is 7.28. The first-order valence-corrected chi connectivity index (χ1v) is 6.32. The molecule has 0 unspecified atom stereocenters. The van der Waals surface area contributed by atoms with Gasteiger partial charge < -0.3 is 10.1 Å². The van der Waals surface area contributed by atoms with Crippen molar-refractivity contribution in [1.29, 1.82) is 0 Å². The zero-order valence-electron chi connectivity index (χ0n) is 9.77.